The van der Waals surface area contributed by atoms with E-state index >= 15 is 0 Å². The Morgan fingerprint density at radius 2 is 1.90 bits per heavy atom. The standard InChI is InChI=1S/C15H22N4O2/c1-2-7-16-13-8-12(19(20)21)9-14(17-13)18-15(10-3-4-10)11-5-6-11/h8-11,15H,2-7H2,1H3,(H2,16,17,18). The van der Waals surface area contributed by atoms with E-state index in [0.717, 1.165) is 24.8 Å². The first-order valence-electron chi connectivity index (χ1n) is 7.84. The Kier molecular flexibility index (Phi) is 3.94. The van der Waals surface area contributed by atoms with Crippen LogP contribution in [0.15, 0.2) is 12.1 Å². The van der Waals surface area contributed by atoms with Crippen LogP contribution < -0.4 is 10.6 Å². The number of hydrogen-bond acceptors (Lipinski definition) is 5. The van der Waals surface area contributed by atoms with E-state index in [1.54, 1.807) is 6.07 Å². The van der Waals surface area contributed by atoms with Gasteiger partial charge in [0.1, 0.15) is 11.6 Å². The summed E-state index contributed by atoms with van der Waals surface area (Å²) in [5, 5.41) is 17.7. The Morgan fingerprint density at radius 3 is 2.43 bits per heavy atom. The van der Waals surface area contributed by atoms with Crippen molar-refractivity contribution in [2.45, 2.75) is 45.1 Å². The molecular formula is C15H22N4O2. The van der Waals surface area contributed by atoms with E-state index in [1.165, 1.54) is 31.7 Å². The van der Waals surface area contributed by atoms with E-state index in [0.29, 0.717) is 17.7 Å². The van der Waals surface area contributed by atoms with Gasteiger partial charge in [-0.05, 0) is 43.9 Å². The molecule has 2 N–H and O–H groups in total. The van der Waals surface area contributed by atoms with Crippen molar-refractivity contribution >= 4 is 17.3 Å². The molecule has 0 spiro atoms. The summed E-state index contributed by atoms with van der Waals surface area (Å²) in [6.07, 6.45) is 6.03. The van der Waals surface area contributed by atoms with Crippen molar-refractivity contribution in [3.05, 3.63) is 22.2 Å². The summed E-state index contributed by atoms with van der Waals surface area (Å²) in [5.41, 5.74) is 0.0939. The summed E-state index contributed by atoms with van der Waals surface area (Å²) in [4.78, 5) is 15.2. The SMILES string of the molecule is CCCNc1cc([N+](=O)[O-])cc(NC(C2CC2)C2CC2)n1. The second kappa shape index (κ2) is 5.87. The third-order valence-corrected chi connectivity index (χ3v) is 4.15. The average Bonchev–Trinajstić information content (AvgIpc) is 3.35. The summed E-state index contributed by atoms with van der Waals surface area (Å²) in [6.45, 7) is 2.82. The summed E-state index contributed by atoms with van der Waals surface area (Å²) < 4.78 is 0. The van der Waals surface area contributed by atoms with Gasteiger partial charge in [-0.15, -0.1) is 0 Å². The highest BCUT2D eigenvalue weighted by Crippen LogP contribution is 2.45. The fourth-order valence-corrected chi connectivity index (χ4v) is 2.74. The van der Waals surface area contributed by atoms with E-state index < -0.39 is 0 Å². The first-order chi connectivity index (χ1) is 10.2. The van der Waals surface area contributed by atoms with Gasteiger partial charge in [0.25, 0.3) is 5.69 Å². The molecule has 0 atom stereocenters. The second-order valence-corrected chi connectivity index (χ2v) is 6.12. The van der Waals surface area contributed by atoms with Crippen LogP contribution >= 0.6 is 0 Å². The second-order valence-electron chi connectivity index (χ2n) is 6.12. The van der Waals surface area contributed by atoms with Crippen molar-refractivity contribution < 1.29 is 4.92 Å². The molecule has 1 aromatic rings. The predicted molar refractivity (Wildman–Crippen MR) is 82.5 cm³/mol. The van der Waals surface area contributed by atoms with Gasteiger partial charge in [0, 0.05) is 12.6 Å². The van der Waals surface area contributed by atoms with Crippen LogP contribution in [0, 0.1) is 22.0 Å². The maximum absolute atomic E-state index is 11.1. The average molecular weight is 290 g/mol. The zero-order chi connectivity index (χ0) is 14.8. The van der Waals surface area contributed by atoms with Crippen LogP contribution in [0.4, 0.5) is 17.3 Å². The minimum absolute atomic E-state index is 0.0939. The van der Waals surface area contributed by atoms with Crippen molar-refractivity contribution in [2.24, 2.45) is 11.8 Å². The van der Waals surface area contributed by atoms with Crippen LogP contribution in [0.5, 0.6) is 0 Å². The lowest BCUT2D eigenvalue weighted by Crippen LogP contribution is -2.25. The number of rotatable bonds is 8. The Balaban J connectivity index is 1.78. The number of hydrogen-bond donors (Lipinski definition) is 2. The van der Waals surface area contributed by atoms with Gasteiger partial charge in [-0.25, -0.2) is 4.98 Å². The third-order valence-electron chi connectivity index (χ3n) is 4.15. The number of nitrogens with zero attached hydrogens (tertiary/aromatic N) is 2. The molecule has 2 aliphatic rings. The molecule has 0 saturated heterocycles. The molecule has 0 unspecified atom stereocenters. The number of nitro groups is 1. The van der Waals surface area contributed by atoms with E-state index in [2.05, 4.69) is 22.5 Å². The molecule has 3 rings (SSSR count). The number of nitrogens with one attached hydrogen (secondary N) is 2. The summed E-state index contributed by atoms with van der Waals surface area (Å²) in [6, 6.07) is 3.50. The van der Waals surface area contributed by atoms with Crippen molar-refractivity contribution in [1.82, 2.24) is 4.98 Å². The monoisotopic (exact) mass is 290 g/mol. The highest BCUT2D eigenvalue weighted by Gasteiger charge is 2.41. The first kappa shape index (κ1) is 14.1. The molecular weight excluding hydrogens is 268 g/mol. The molecule has 2 fully saturated rings. The van der Waals surface area contributed by atoms with Gasteiger partial charge in [0.15, 0.2) is 0 Å². The van der Waals surface area contributed by atoms with Crippen molar-refractivity contribution in [2.75, 3.05) is 17.2 Å². The van der Waals surface area contributed by atoms with Crippen LogP contribution in [0.3, 0.4) is 0 Å². The van der Waals surface area contributed by atoms with Gasteiger partial charge in [-0.1, -0.05) is 6.92 Å². The van der Waals surface area contributed by atoms with Gasteiger partial charge < -0.3 is 10.6 Å². The molecule has 0 radical (unpaired) electrons. The van der Waals surface area contributed by atoms with Gasteiger partial charge in [-0.2, -0.15) is 0 Å². The zero-order valence-electron chi connectivity index (χ0n) is 12.3. The molecule has 0 aromatic carbocycles. The van der Waals surface area contributed by atoms with Gasteiger partial charge in [0.2, 0.25) is 0 Å². The summed E-state index contributed by atoms with van der Waals surface area (Å²) >= 11 is 0. The maximum atomic E-state index is 11.1. The smallest absolute Gasteiger partial charge is 0.276 e. The van der Waals surface area contributed by atoms with E-state index in [9.17, 15) is 10.1 Å². The Morgan fingerprint density at radius 1 is 1.29 bits per heavy atom. The van der Waals surface area contributed by atoms with Gasteiger partial charge in [0.05, 0.1) is 17.1 Å². The summed E-state index contributed by atoms with van der Waals surface area (Å²) in [7, 11) is 0. The normalized spacial score (nSPS) is 17.8. The molecule has 0 amide bonds. The molecule has 0 bridgehead atoms. The highest BCUT2D eigenvalue weighted by molar-refractivity contribution is 5.55. The van der Waals surface area contributed by atoms with Gasteiger partial charge >= 0.3 is 0 Å². The Bertz CT molecular complexity index is 514. The Labute approximate surface area is 124 Å². The molecule has 6 heteroatoms. The van der Waals surface area contributed by atoms with E-state index in [-0.39, 0.29) is 10.6 Å². The van der Waals surface area contributed by atoms with Crippen molar-refractivity contribution in [1.29, 1.82) is 0 Å². The largest absolute Gasteiger partial charge is 0.370 e. The molecule has 1 aromatic heterocycles. The predicted octanol–water partition coefficient (Wildman–Crippen LogP) is 3.41. The number of anilines is 2. The quantitative estimate of drug-likeness (QED) is 0.566. The van der Waals surface area contributed by atoms with Crippen LogP contribution in [0.2, 0.25) is 0 Å². The topological polar surface area (TPSA) is 80.1 Å². The van der Waals surface area contributed by atoms with E-state index in [4.69, 9.17) is 0 Å². The molecule has 1 heterocycles. The molecule has 114 valence electrons. The lowest BCUT2D eigenvalue weighted by Gasteiger charge is -2.18. The Hall–Kier alpha value is -1.85. The fraction of sp³-hybridized carbons (Fsp3) is 0.667. The molecule has 21 heavy (non-hydrogen) atoms. The van der Waals surface area contributed by atoms with Gasteiger partial charge in [-0.3, -0.25) is 10.1 Å². The van der Waals surface area contributed by atoms with Crippen molar-refractivity contribution in [3.63, 3.8) is 0 Å². The molecule has 2 aliphatic carbocycles. The third kappa shape index (κ3) is 3.62. The van der Waals surface area contributed by atoms with Crippen LogP contribution in [0.1, 0.15) is 39.0 Å². The molecule has 2 saturated carbocycles. The first-order valence-corrected chi connectivity index (χ1v) is 7.84. The fourth-order valence-electron chi connectivity index (χ4n) is 2.74. The minimum Gasteiger partial charge on any atom is -0.370 e. The van der Waals surface area contributed by atoms with E-state index in [1.807, 2.05) is 0 Å². The van der Waals surface area contributed by atoms with Crippen LogP contribution in [-0.4, -0.2) is 22.5 Å². The highest BCUT2D eigenvalue weighted by atomic mass is 16.6. The molecule has 6 nitrogen and oxygen atoms in total. The summed E-state index contributed by atoms with van der Waals surface area (Å²) in [5.74, 6) is 2.67. The zero-order valence-corrected chi connectivity index (χ0v) is 12.3. The number of pyridine rings is 1. The maximum Gasteiger partial charge on any atom is 0.276 e. The lowest BCUT2D eigenvalue weighted by molar-refractivity contribution is -0.384. The molecule has 0 aliphatic heterocycles. The lowest BCUT2D eigenvalue weighted by atomic mass is 10.1. The minimum atomic E-state index is -0.354. The number of aromatic nitrogens is 1. The van der Waals surface area contributed by atoms with Crippen LogP contribution in [-0.2, 0) is 0 Å². The van der Waals surface area contributed by atoms with Crippen LogP contribution in [0.25, 0.3) is 0 Å². The van der Waals surface area contributed by atoms with Crippen molar-refractivity contribution in [3.8, 4) is 0 Å².